The van der Waals surface area contributed by atoms with E-state index in [1.807, 2.05) is 31.2 Å². The van der Waals surface area contributed by atoms with Gasteiger partial charge in [-0.15, -0.1) is 0 Å². The summed E-state index contributed by atoms with van der Waals surface area (Å²) in [4.78, 5) is 29.8. The molecule has 0 N–H and O–H groups in total. The fraction of sp³-hybridized carbons (Fsp3) is 0.353. The number of nitrogens with zero attached hydrogens (tertiary/aromatic N) is 2. The van der Waals surface area contributed by atoms with Gasteiger partial charge in [0.15, 0.2) is 0 Å². The third kappa shape index (κ3) is 2.79. The second-order valence-corrected chi connectivity index (χ2v) is 5.51. The highest BCUT2D eigenvalue weighted by Gasteiger charge is 2.29. The van der Waals surface area contributed by atoms with E-state index in [1.165, 1.54) is 6.20 Å². The Morgan fingerprint density at radius 2 is 2.18 bits per heavy atom. The lowest BCUT2D eigenvalue weighted by Gasteiger charge is -2.14. The Labute approximate surface area is 128 Å². The molecular weight excluding hydrogens is 280 g/mol. The van der Waals surface area contributed by atoms with Gasteiger partial charge in [-0.3, -0.25) is 9.78 Å². The second kappa shape index (κ2) is 6.13. The molecule has 5 nitrogen and oxygen atoms in total. The minimum absolute atomic E-state index is 0.0827. The number of ether oxygens (including phenoxy) is 1. The minimum atomic E-state index is -0.383. The molecule has 22 heavy (non-hydrogen) atoms. The van der Waals surface area contributed by atoms with Crippen molar-refractivity contribution in [2.45, 2.75) is 13.3 Å². The van der Waals surface area contributed by atoms with Crippen LogP contribution in [0.1, 0.15) is 23.7 Å². The lowest BCUT2D eigenvalue weighted by Crippen LogP contribution is -2.25. The van der Waals surface area contributed by atoms with Crippen LogP contribution in [0.5, 0.6) is 0 Å². The number of hydrogen-bond donors (Lipinski definition) is 0. The molecular formula is C17H18N2O3. The molecule has 0 aliphatic carbocycles. The van der Waals surface area contributed by atoms with Crippen molar-refractivity contribution in [3.05, 3.63) is 42.2 Å². The van der Waals surface area contributed by atoms with Crippen LogP contribution in [-0.4, -0.2) is 41.5 Å². The SMILES string of the molecule is CCN1CC(COC(=O)c2cncc3ccccc23)CC1=O. The number of aromatic nitrogens is 1. The van der Waals surface area contributed by atoms with Gasteiger partial charge in [0.1, 0.15) is 0 Å². The third-order valence-corrected chi connectivity index (χ3v) is 4.01. The maximum Gasteiger partial charge on any atom is 0.340 e. The van der Waals surface area contributed by atoms with Crippen molar-refractivity contribution in [3.8, 4) is 0 Å². The smallest absolute Gasteiger partial charge is 0.340 e. The first kappa shape index (κ1) is 14.5. The number of benzene rings is 1. The monoisotopic (exact) mass is 298 g/mol. The van der Waals surface area contributed by atoms with Crippen LogP contribution in [0.25, 0.3) is 10.8 Å². The van der Waals surface area contributed by atoms with Crippen molar-refractivity contribution in [2.24, 2.45) is 5.92 Å². The number of carbonyl (C=O) groups is 2. The van der Waals surface area contributed by atoms with Crippen molar-refractivity contribution in [1.29, 1.82) is 0 Å². The highest BCUT2D eigenvalue weighted by atomic mass is 16.5. The lowest BCUT2D eigenvalue weighted by atomic mass is 10.1. The van der Waals surface area contributed by atoms with Crippen molar-refractivity contribution in [3.63, 3.8) is 0 Å². The van der Waals surface area contributed by atoms with Gasteiger partial charge < -0.3 is 9.64 Å². The maximum absolute atomic E-state index is 12.3. The van der Waals surface area contributed by atoms with Crippen LogP contribution < -0.4 is 0 Å². The van der Waals surface area contributed by atoms with E-state index in [0.29, 0.717) is 25.1 Å². The summed E-state index contributed by atoms with van der Waals surface area (Å²) >= 11 is 0. The molecule has 1 aliphatic rings. The van der Waals surface area contributed by atoms with E-state index >= 15 is 0 Å². The summed E-state index contributed by atoms with van der Waals surface area (Å²) in [5, 5.41) is 1.74. The quantitative estimate of drug-likeness (QED) is 0.812. The van der Waals surface area contributed by atoms with E-state index in [1.54, 1.807) is 11.1 Å². The topological polar surface area (TPSA) is 59.5 Å². The maximum atomic E-state index is 12.3. The van der Waals surface area contributed by atoms with E-state index in [9.17, 15) is 9.59 Å². The summed E-state index contributed by atoms with van der Waals surface area (Å²) < 4.78 is 5.40. The highest BCUT2D eigenvalue weighted by Crippen LogP contribution is 2.20. The van der Waals surface area contributed by atoms with Crippen LogP contribution in [0.3, 0.4) is 0 Å². The van der Waals surface area contributed by atoms with Gasteiger partial charge in [-0.2, -0.15) is 0 Å². The molecule has 1 aromatic heterocycles. The zero-order valence-electron chi connectivity index (χ0n) is 12.5. The first-order valence-corrected chi connectivity index (χ1v) is 7.46. The normalized spacial score (nSPS) is 18.0. The zero-order valence-corrected chi connectivity index (χ0v) is 12.5. The Kier molecular flexibility index (Phi) is 4.04. The first-order chi connectivity index (χ1) is 10.7. The van der Waals surface area contributed by atoms with Crippen molar-refractivity contribution < 1.29 is 14.3 Å². The molecule has 1 unspecified atom stereocenters. The van der Waals surface area contributed by atoms with Crippen molar-refractivity contribution in [1.82, 2.24) is 9.88 Å². The summed E-state index contributed by atoms with van der Waals surface area (Å²) in [6.07, 6.45) is 3.71. The van der Waals surface area contributed by atoms with Crippen LogP contribution in [0.2, 0.25) is 0 Å². The van der Waals surface area contributed by atoms with E-state index in [-0.39, 0.29) is 24.4 Å². The van der Waals surface area contributed by atoms with Crippen LogP contribution in [0, 0.1) is 5.92 Å². The second-order valence-electron chi connectivity index (χ2n) is 5.51. The number of rotatable bonds is 4. The van der Waals surface area contributed by atoms with Gasteiger partial charge in [-0.25, -0.2) is 4.79 Å². The Bertz CT molecular complexity index is 709. The zero-order chi connectivity index (χ0) is 15.5. The number of hydrogen-bond acceptors (Lipinski definition) is 4. The molecule has 2 aromatic rings. The molecule has 1 atom stereocenters. The first-order valence-electron chi connectivity index (χ1n) is 7.46. The van der Waals surface area contributed by atoms with E-state index in [4.69, 9.17) is 4.74 Å². The number of pyridine rings is 1. The van der Waals surface area contributed by atoms with Crippen molar-refractivity contribution >= 4 is 22.6 Å². The largest absolute Gasteiger partial charge is 0.462 e. The van der Waals surface area contributed by atoms with E-state index < -0.39 is 0 Å². The Balaban J connectivity index is 1.68. The summed E-state index contributed by atoms with van der Waals surface area (Å²) in [6, 6.07) is 7.58. The predicted octanol–water partition coefficient (Wildman–Crippen LogP) is 2.26. The summed E-state index contributed by atoms with van der Waals surface area (Å²) in [7, 11) is 0. The molecule has 1 aliphatic heterocycles. The number of carbonyl (C=O) groups excluding carboxylic acids is 2. The molecule has 1 saturated heterocycles. The van der Waals surface area contributed by atoms with Crippen LogP contribution in [0.15, 0.2) is 36.7 Å². The van der Waals surface area contributed by atoms with E-state index in [2.05, 4.69) is 4.98 Å². The molecule has 0 spiro atoms. The number of amides is 1. The van der Waals surface area contributed by atoms with Gasteiger partial charge in [0, 0.05) is 43.2 Å². The predicted molar refractivity (Wildman–Crippen MR) is 82.4 cm³/mol. The van der Waals surface area contributed by atoms with Gasteiger partial charge in [0.25, 0.3) is 0 Å². The fourth-order valence-electron chi connectivity index (χ4n) is 2.82. The Morgan fingerprint density at radius 1 is 1.36 bits per heavy atom. The molecule has 3 rings (SSSR count). The van der Waals surface area contributed by atoms with Gasteiger partial charge in [-0.1, -0.05) is 24.3 Å². The molecule has 1 amide bonds. The molecule has 1 aromatic carbocycles. The summed E-state index contributed by atoms with van der Waals surface area (Å²) in [5.41, 5.74) is 0.467. The molecule has 0 bridgehead atoms. The van der Waals surface area contributed by atoms with Crippen LogP contribution in [0.4, 0.5) is 0 Å². The van der Waals surface area contributed by atoms with Gasteiger partial charge in [0.2, 0.25) is 5.91 Å². The lowest BCUT2D eigenvalue weighted by molar-refractivity contribution is -0.127. The molecule has 0 saturated carbocycles. The average molecular weight is 298 g/mol. The van der Waals surface area contributed by atoms with Gasteiger partial charge in [0.05, 0.1) is 12.2 Å². The van der Waals surface area contributed by atoms with Crippen molar-refractivity contribution in [2.75, 3.05) is 19.7 Å². The van der Waals surface area contributed by atoms with Gasteiger partial charge >= 0.3 is 5.97 Å². The minimum Gasteiger partial charge on any atom is -0.462 e. The molecule has 0 radical (unpaired) electrons. The Hall–Kier alpha value is -2.43. The number of esters is 1. The fourth-order valence-corrected chi connectivity index (χ4v) is 2.82. The van der Waals surface area contributed by atoms with Gasteiger partial charge in [-0.05, 0) is 12.3 Å². The highest BCUT2D eigenvalue weighted by molar-refractivity contribution is 6.03. The number of fused-ring (bicyclic) bond motifs is 1. The molecule has 5 heteroatoms. The van der Waals surface area contributed by atoms with Crippen LogP contribution >= 0.6 is 0 Å². The summed E-state index contributed by atoms with van der Waals surface area (Å²) in [5.74, 6) is -0.165. The van der Waals surface area contributed by atoms with Crippen LogP contribution in [-0.2, 0) is 9.53 Å². The number of likely N-dealkylation sites (tertiary alicyclic amines) is 1. The molecule has 1 fully saturated rings. The summed E-state index contributed by atoms with van der Waals surface area (Å²) in [6.45, 7) is 3.59. The average Bonchev–Trinajstić information content (AvgIpc) is 2.92. The standard InChI is InChI=1S/C17H18N2O3/c1-2-19-10-12(7-16(19)20)11-22-17(21)15-9-18-8-13-5-3-4-6-14(13)15/h3-6,8-9,12H,2,7,10-11H2,1H3. The molecule has 2 heterocycles. The third-order valence-electron chi connectivity index (χ3n) is 4.01. The molecule has 114 valence electrons. The Morgan fingerprint density at radius 3 is 2.95 bits per heavy atom. The van der Waals surface area contributed by atoms with E-state index in [0.717, 1.165) is 10.8 Å².